The van der Waals surface area contributed by atoms with Crippen molar-refractivity contribution in [1.82, 2.24) is 4.57 Å². The molecule has 0 saturated carbocycles. The van der Waals surface area contributed by atoms with E-state index in [4.69, 9.17) is 14.5 Å². The lowest BCUT2D eigenvalue weighted by Gasteiger charge is -2.30. The summed E-state index contributed by atoms with van der Waals surface area (Å²) in [5.41, 5.74) is 7.81. The van der Waals surface area contributed by atoms with Gasteiger partial charge in [0.2, 0.25) is 0 Å². The number of rotatable bonds is 5. The molecule has 1 aliphatic carbocycles. The van der Waals surface area contributed by atoms with E-state index in [0.717, 1.165) is 38.9 Å². The van der Waals surface area contributed by atoms with E-state index in [9.17, 15) is 4.79 Å². The summed E-state index contributed by atoms with van der Waals surface area (Å²) in [4.78, 5) is 19.8. The molecule has 6 rings (SSSR count). The predicted octanol–water partition coefficient (Wildman–Crippen LogP) is 5.80. The van der Waals surface area contributed by atoms with Crippen molar-refractivity contribution in [3.8, 4) is 11.5 Å². The van der Waals surface area contributed by atoms with Gasteiger partial charge in [0.15, 0.2) is 16.3 Å². The Morgan fingerprint density at radius 1 is 1.13 bits per heavy atom. The Morgan fingerprint density at radius 3 is 2.68 bits per heavy atom. The quantitative estimate of drug-likeness (QED) is 0.297. The number of aryl methyl sites for hydroxylation is 2. The van der Waals surface area contributed by atoms with E-state index in [1.54, 1.807) is 7.11 Å². The van der Waals surface area contributed by atoms with Crippen LogP contribution in [0.5, 0.6) is 11.5 Å². The van der Waals surface area contributed by atoms with Crippen LogP contribution < -0.4 is 24.4 Å². The number of nitrogens with zero attached hydrogens (tertiary/aromatic N) is 2. The summed E-state index contributed by atoms with van der Waals surface area (Å²) in [7, 11) is 1.62. The summed E-state index contributed by atoms with van der Waals surface area (Å²) in [5.74, 6) is 1.27. The smallest absolute Gasteiger partial charge is 0.271 e. The van der Waals surface area contributed by atoms with Gasteiger partial charge in [-0.15, -0.1) is 0 Å². The number of benzene rings is 3. The van der Waals surface area contributed by atoms with Crippen LogP contribution in [0, 0.1) is 6.92 Å². The molecule has 5 nitrogen and oxygen atoms in total. The van der Waals surface area contributed by atoms with Crippen LogP contribution in [0.2, 0.25) is 0 Å². The zero-order valence-electron chi connectivity index (χ0n) is 21.5. The van der Waals surface area contributed by atoms with Crippen molar-refractivity contribution in [3.05, 3.63) is 118 Å². The van der Waals surface area contributed by atoms with Crippen LogP contribution in [0.15, 0.2) is 80.5 Å². The number of thiazole rings is 1. The summed E-state index contributed by atoms with van der Waals surface area (Å²) in [6, 6.07) is 20.7. The van der Waals surface area contributed by atoms with Crippen LogP contribution in [0.4, 0.5) is 0 Å². The fourth-order valence-corrected chi connectivity index (χ4v) is 6.91. The molecule has 192 valence electrons. The van der Waals surface area contributed by atoms with Crippen molar-refractivity contribution in [3.63, 3.8) is 0 Å². The number of hydrogen-bond acceptors (Lipinski definition) is 5. The highest BCUT2D eigenvalue weighted by Crippen LogP contribution is 2.41. The fraction of sp³-hybridized carbons (Fsp3) is 0.226. The lowest BCUT2D eigenvalue weighted by Crippen LogP contribution is -2.38. The SMILES string of the molecule is CCOc1c(Br)cc(C=c2sc3n(c2=O)C(c2ccc(C)cc2)C2=C(N=3)c3ccccc3CC2)cc1OC. The summed E-state index contributed by atoms with van der Waals surface area (Å²) in [6.45, 7) is 4.54. The number of fused-ring (bicyclic) bond motifs is 3. The van der Waals surface area contributed by atoms with Gasteiger partial charge in [0, 0.05) is 5.56 Å². The Balaban J connectivity index is 1.57. The third-order valence-corrected chi connectivity index (χ3v) is 8.68. The number of ether oxygens (including phenoxy) is 2. The molecule has 0 amide bonds. The maximum Gasteiger partial charge on any atom is 0.271 e. The standard InChI is InChI=1S/C31H27BrN2O3S/c1-4-37-29-24(32)15-19(16-25(29)36-3)17-26-30(35)34-28(21-11-9-18(2)10-12-21)23-14-13-20-7-5-6-8-22(20)27(23)33-31(34)38-26/h5-12,15-17,28H,4,13-14H2,1-3H3. The minimum absolute atomic E-state index is 0.0336. The van der Waals surface area contributed by atoms with Gasteiger partial charge in [-0.3, -0.25) is 9.36 Å². The van der Waals surface area contributed by atoms with Crippen molar-refractivity contribution >= 4 is 39.0 Å². The van der Waals surface area contributed by atoms with Gasteiger partial charge in [-0.2, -0.15) is 0 Å². The maximum atomic E-state index is 14.0. The Labute approximate surface area is 233 Å². The molecule has 3 aromatic carbocycles. The van der Waals surface area contributed by atoms with Gasteiger partial charge >= 0.3 is 0 Å². The summed E-state index contributed by atoms with van der Waals surface area (Å²) >= 11 is 5.03. The van der Waals surface area contributed by atoms with Crippen LogP contribution in [0.1, 0.15) is 47.2 Å². The Bertz CT molecular complexity index is 1770. The molecule has 0 radical (unpaired) electrons. The monoisotopic (exact) mass is 586 g/mol. The fourth-order valence-electron chi connectivity index (χ4n) is 5.33. The lowest BCUT2D eigenvalue weighted by molar-refractivity contribution is 0.309. The Morgan fingerprint density at radius 2 is 1.92 bits per heavy atom. The molecule has 0 spiro atoms. The van der Waals surface area contributed by atoms with Gasteiger partial charge in [0.25, 0.3) is 5.56 Å². The molecule has 0 fully saturated rings. The first-order chi connectivity index (χ1) is 18.5. The third kappa shape index (κ3) is 4.24. The molecule has 0 bridgehead atoms. The molecule has 0 saturated heterocycles. The molecular formula is C31H27BrN2O3S. The van der Waals surface area contributed by atoms with Crippen LogP contribution >= 0.6 is 27.3 Å². The van der Waals surface area contributed by atoms with E-state index < -0.39 is 0 Å². The zero-order valence-corrected chi connectivity index (χ0v) is 23.9. The average Bonchev–Trinajstić information content (AvgIpc) is 3.23. The highest BCUT2D eigenvalue weighted by Gasteiger charge is 2.32. The predicted molar refractivity (Wildman–Crippen MR) is 156 cm³/mol. The van der Waals surface area contributed by atoms with Gasteiger partial charge in [0.1, 0.15) is 0 Å². The van der Waals surface area contributed by atoms with Crippen LogP contribution in [0.3, 0.4) is 0 Å². The molecule has 1 unspecified atom stereocenters. The molecule has 38 heavy (non-hydrogen) atoms. The van der Waals surface area contributed by atoms with E-state index in [1.165, 1.54) is 33.6 Å². The van der Waals surface area contributed by atoms with E-state index in [0.29, 0.717) is 22.6 Å². The molecule has 7 heteroatoms. The van der Waals surface area contributed by atoms with E-state index in [1.807, 2.05) is 29.7 Å². The Kier molecular flexibility index (Phi) is 6.58. The van der Waals surface area contributed by atoms with Crippen LogP contribution in [0.25, 0.3) is 11.8 Å². The number of aromatic nitrogens is 1. The lowest BCUT2D eigenvalue weighted by atomic mass is 9.83. The minimum atomic E-state index is -0.182. The number of hydrogen-bond donors (Lipinski definition) is 0. The van der Waals surface area contributed by atoms with Crippen LogP contribution in [-0.2, 0) is 6.42 Å². The molecule has 1 aromatic heterocycles. The largest absolute Gasteiger partial charge is 0.493 e. The zero-order chi connectivity index (χ0) is 26.4. The first-order valence-corrected chi connectivity index (χ1v) is 14.3. The van der Waals surface area contributed by atoms with Crippen molar-refractivity contribution in [2.45, 2.75) is 32.7 Å². The van der Waals surface area contributed by atoms with Gasteiger partial charge in [-0.25, -0.2) is 4.99 Å². The van der Waals surface area contributed by atoms with Gasteiger partial charge in [-0.05, 0) is 83.1 Å². The van der Waals surface area contributed by atoms with Crippen molar-refractivity contribution in [2.24, 2.45) is 4.99 Å². The molecule has 2 aliphatic rings. The second-order valence-corrected chi connectivity index (χ2v) is 11.4. The molecular weight excluding hydrogens is 560 g/mol. The summed E-state index contributed by atoms with van der Waals surface area (Å²) in [6.07, 6.45) is 3.73. The average molecular weight is 588 g/mol. The first kappa shape index (κ1) is 24.9. The molecule has 4 aromatic rings. The minimum Gasteiger partial charge on any atom is -0.493 e. The normalized spacial score (nSPS) is 16.4. The van der Waals surface area contributed by atoms with Gasteiger partial charge in [0.05, 0.1) is 34.5 Å². The van der Waals surface area contributed by atoms with Crippen LogP contribution in [-0.4, -0.2) is 18.3 Å². The van der Waals surface area contributed by atoms with Gasteiger partial charge < -0.3 is 9.47 Å². The van der Waals surface area contributed by atoms with E-state index in [-0.39, 0.29) is 11.6 Å². The van der Waals surface area contributed by atoms with Gasteiger partial charge in [-0.1, -0.05) is 65.4 Å². The van der Waals surface area contributed by atoms with Crippen molar-refractivity contribution in [2.75, 3.05) is 13.7 Å². The van der Waals surface area contributed by atoms with E-state index in [2.05, 4.69) is 71.4 Å². The van der Waals surface area contributed by atoms with Crippen molar-refractivity contribution < 1.29 is 9.47 Å². The maximum absolute atomic E-state index is 14.0. The first-order valence-electron chi connectivity index (χ1n) is 12.7. The second-order valence-electron chi connectivity index (χ2n) is 9.49. The summed E-state index contributed by atoms with van der Waals surface area (Å²) in [5, 5.41) is 0. The van der Waals surface area contributed by atoms with E-state index >= 15 is 0 Å². The number of halogens is 1. The summed E-state index contributed by atoms with van der Waals surface area (Å²) < 4.78 is 14.6. The number of allylic oxidation sites excluding steroid dienone is 1. The topological polar surface area (TPSA) is 52.8 Å². The second kappa shape index (κ2) is 10.0. The molecule has 0 N–H and O–H groups in total. The Hall–Kier alpha value is -3.42. The highest BCUT2D eigenvalue weighted by molar-refractivity contribution is 9.10. The molecule has 1 atom stereocenters. The molecule has 1 aliphatic heterocycles. The number of methoxy groups -OCH3 is 1. The van der Waals surface area contributed by atoms with Crippen molar-refractivity contribution in [1.29, 1.82) is 0 Å². The third-order valence-electron chi connectivity index (χ3n) is 7.10. The highest BCUT2D eigenvalue weighted by atomic mass is 79.9. The molecule has 2 heterocycles.